The Bertz CT molecular complexity index is 1030. The SMILES string of the molecule is N#Cc1cc(/C=C/c2ccc(Br)cc2)c(C#N)cc1/C=C/c1ccc(Br)cc1. The largest absolute Gasteiger partial charge is 0.192 e. The molecular weight excluding hydrogens is 476 g/mol. The number of hydrogen-bond donors (Lipinski definition) is 0. The fraction of sp³-hybridized carbons (Fsp3) is 0. The lowest BCUT2D eigenvalue weighted by Crippen LogP contribution is -1.90. The average Bonchev–Trinajstić information content (AvgIpc) is 2.72. The normalized spacial score (nSPS) is 10.9. The lowest BCUT2D eigenvalue weighted by Gasteiger charge is -2.04. The van der Waals surface area contributed by atoms with Crippen LogP contribution < -0.4 is 0 Å². The molecule has 0 bridgehead atoms. The molecule has 0 unspecified atom stereocenters. The van der Waals surface area contributed by atoms with E-state index in [1.807, 2.05) is 72.8 Å². The smallest absolute Gasteiger partial charge is 0.0998 e. The van der Waals surface area contributed by atoms with Gasteiger partial charge in [0.05, 0.1) is 23.3 Å². The summed E-state index contributed by atoms with van der Waals surface area (Å²) in [6.45, 7) is 0. The van der Waals surface area contributed by atoms with Crippen molar-refractivity contribution in [1.82, 2.24) is 0 Å². The summed E-state index contributed by atoms with van der Waals surface area (Å²) in [5.74, 6) is 0. The molecule has 0 fully saturated rings. The van der Waals surface area contributed by atoms with E-state index in [1.165, 1.54) is 0 Å². The van der Waals surface area contributed by atoms with Gasteiger partial charge in [-0.2, -0.15) is 10.5 Å². The van der Waals surface area contributed by atoms with Crippen molar-refractivity contribution in [2.45, 2.75) is 0 Å². The monoisotopic (exact) mass is 488 g/mol. The van der Waals surface area contributed by atoms with Crippen LogP contribution in [0.2, 0.25) is 0 Å². The molecule has 0 atom stereocenters. The molecule has 3 rings (SSSR count). The predicted molar refractivity (Wildman–Crippen MR) is 122 cm³/mol. The third-order valence-corrected chi connectivity index (χ3v) is 5.17. The van der Waals surface area contributed by atoms with Gasteiger partial charge < -0.3 is 0 Å². The first kappa shape index (κ1) is 19.8. The molecule has 0 aliphatic heterocycles. The van der Waals surface area contributed by atoms with Crippen LogP contribution in [0.1, 0.15) is 33.4 Å². The van der Waals surface area contributed by atoms with Crippen molar-refractivity contribution in [3.8, 4) is 12.1 Å². The van der Waals surface area contributed by atoms with E-state index in [0.29, 0.717) is 11.1 Å². The van der Waals surface area contributed by atoms with Gasteiger partial charge in [-0.15, -0.1) is 0 Å². The zero-order valence-corrected chi connectivity index (χ0v) is 17.9. The molecule has 3 aromatic rings. The van der Waals surface area contributed by atoms with Crippen LogP contribution >= 0.6 is 31.9 Å². The number of rotatable bonds is 4. The molecular formula is C24H14Br2N2. The third-order valence-electron chi connectivity index (χ3n) is 4.11. The van der Waals surface area contributed by atoms with Gasteiger partial charge >= 0.3 is 0 Å². The summed E-state index contributed by atoms with van der Waals surface area (Å²) in [5, 5.41) is 19.1. The van der Waals surface area contributed by atoms with E-state index in [0.717, 1.165) is 31.2 Å². The standard InChI is InChI=1S/C24H14Br2N2/c25-23-9-3-17(4-10-23)1-7-19-13-22(16-28)20(14-21(19)15-27)8-2-18-5-11-24(26)12-6-18/h1-14H/b7-1+,8-2+. The second kappa shape index (κ2) is 9.33. The maximum atomic E-state index is 9.55. The highest BCUT2D eigenvalue weighted by Gasteiger charge is 2.06. The van der Waals surface area contributed by atoms with Gasteiger partial charge in [-0.05, 0) is 58.7 Å². The third kappa shape index (κ3) is 5.08. The van der Waals surface area contributed by atoms with Crippen molar-refractivity contribution < 1.29 is 0 Å². The van der Waals surface area contributed by atoms with Gasteiger partial charge in [-0.25, -0.2) is 0 Å². The molecule has 0 heterocycles. The maximum absolute atomic E-state index is 9.55. The van der Waals surface area contributed by atoms with Gasteiger partial charge in [-0.3, -0.25) is 0 Å². The van der Waals surface area contributed by atoms with Crippen LogP contribution in [0.25, 0.3) is 24.3 Å². The summed E-state index contributed by atoms with van der Waals surface area (Å²) in [6, 6.07) is 23.7. The molecule has 134 valence electrons. The van der Waals surface area contributed by atoms with E-state index >= 15 is 0 Å². The van der Waals surface area contributed by atoms with Gasteiger partial charge in [0, 0.05) is 8.95 Å². The molecule has 0 saturated heterocycles. The van der Waals surface area contributed by atoms with Crippen LogP contribution in [0.5, 0.6) is 0 Å². The number of hydrogen-bond acceptors (Lipinski definition) is 2. The van der Waals surface area contributed by atoms with Crippen molar-refractivity contribution in [1.29, 1.82) is 10.5 Å². The average molecular weight is 490 g/mol. The van der Waals surface area contributed by atoms with Crippen molar-refractivity contribution in [2.24, 2.45) is 0 Å². The molecule has 0 amide bonds. The fourth-order valence-corrected chi connectivity index (χ4v) is 3.15. The molecule has 28 heavy (non-hydrogen) atoms. The summed E-state index contributed by atoms with van der Waals surface area (Å²) >= 11 is 6.83. The minimum Gasteiger partial charge on any atom is -0.192 e. The summed E-state index contributed by atoms with van der Waals surface area (Å²) in [4.78, 5) is 0. The molecule has 0 radical (unpaired) electrons. The molecule has 0 N–H and O–H groups in total. The van der Waals surface area contributed by atoms with Crippen molar-refractivity contribution in [3.05, 3.63) is 103 Å². The first-order valence-corrected chi connectivity index (χ1v) is 10.0. The Kier molecular flexibility index (Phi) is 6.61. The Labute approximate surface area is 181 Å². The Hall–Kier alpha value is -2.92. The summed E-state index contributed by atoms with van der Waals surface area (Å²) in [6.07, 6.45) is 7.60. The van der Waals surface area contributed by atoms with E-state index in [-0.39, 0.29) is 0 Å². The molecule has 4 heteroatoms. The Morgan fingerprint density at radius 1 is 0.571 bits per heavy atom. The van der Waals surface area contributed by atoms with Crippen LogP contribution in [0.15, 0.2) is 69.6 Å². The first-order valence-electron chi connectivity index (χ1n) is 8.44. The van der Waals surface area contributed by atoms with Gasteiger partial charge in [0.1, 0.15) is 0 Å². The van der Waals surface area contributed by atoms with E-state index < -0.39 is 0 Å². The molecule has 0 aliphatic rings. The van der Waals surface area contributed by atoms with E-state index in [4.69, 9.17) is 0 Å². The van der Waals surface area contributed by atoms with Gasteiger partial charge in [0.2, 0.25) is 0 Å². The lowest BCUT2D eigenvalue weighted by atomic mass is 9.98. The number of benzene rings is 3. The molecule has 0 aromatic heterocycles. The molecule has 2 nitrogen and oxygen atoms in total. The highest BCUT2D eigenvalue weighted by atomic mass is 79.9. The Morgan fingerprint density at radius 3 is 1.25 bits per heavy atom. The summed E-state index contributed by atoms with van der Waals surface area (Å²) < 4.78 is 2.02. The predicted octanol–water partition coefficient (Wildman–Crippen LogP) is 7.30. The van der Waals surface area contributed by atoms with Crippen LogP contribution in [-0.4, -0.2) is 0 Å². The van der Waals surface area contributed by atoms with Crippen LogP contribution in [0.3, 0.4) is 0 Å². The topological polar surface area (TPSA) is 47.6 Å². The van der Waals surface area contributed by atoms with E-state index in [1.54, 1.807) is 12.1 Å². The number of nitriles is 2. The second-order valence-electron chi connectivity index (χ2n) is 6.02. The minimum absolute atomic E-state index is 0.530. The van der Waals surface area contributed by atoms with Gasteiger partial charge in [0.15, 0.2) is 0 Å². The van der Waals surface area contributed by atoms with Crippen molar-refractivity contribution in [3.63, 3.8) is 0 Å². The Morgan fingerprint density at radius 2 is 0.929 bits per heavy atom. The minimum atomic E-state index is 0.530. The number of halogens is 2. The van der Waals surface area contributed by atoms with E-state index in [9.17, 15) is 10.5 Å². The first-order chi connectivity index (χ1) is 13.6. The van der Waals surface area contributed by atoms with Crippen molar-refractivity contribution in [2.75, 3.05) is 0 Å². The highest BCUT2D eigenvalue weighted by molar-refractivity contribution is 9.10. The van der Waals surface area contributed by atoms with Crippen LogP contribution in [0, 0.1) is 22.7 Å². The van der Waals surface area contributed by atoms with E-state index in [2.05, 4.69) is 44.0 Å². The van der Waals surface area contributed by atoms with Crippen LogP contribution in [-0.2, 0) is 0 Å². The lowest BCUT2D eigenvalue weighted by molar-refractivity contribution is 1.43. The number of nitrogens with zero attached hydrogens (tertiary/aromatic N) is 2. The second-order valence-corrected chi connectivity index (χ2v) is 7.85. The molecule has 0 aliphatic carbocycles. The molecule has 3 aromatic carbocycles. The summed E-state index contributed by atoms with van der Waals surface area (Å²) in [5.41, 5.74) is 4.55. The summed E-state index contributed by atoms with van der Waals surface area (Å²) in [7, 11) is 0. The molecule has 0 saturated carbocycles. The van der Waals surface area contributed by atoms with Gasteiger partial charge in [0.25, 0.3) is 0 Å². The van der Waals surface area contributed by atoms with Crippen LogP contribution in [0.4, 0.5) is 0 Å². The van der Waals surface area contributed by atoms with Gasteiger partial charge in [-0.1, -0.05) is 80.4 Å². The zero-order valence-electron chi connectivity index (χ0n) is 14.7. The zero-order chi connectivity index (χ0) is 19.9. The highest BCUT2D eigenvalue weighted by Crippen LogP contribution is 2.22. The maximum Gasteiger partial charge on any atom is 0.0998 e. The quantitative estimate of drug-likeness (QED) is 0.361. The fourth-order valence-electron chi connectivity index (χ4n) is 2.62. The Balaban J connectivity index is 1.93. The van der Waals surface area contributed by atoms with Crippen molar-refractivity contribution >= 4 is 56.2 Å². The molecule has 0 spiro atoms.